The minimum Gasteiger partial charge on any atom is -0.345 e. The summed E-state index contributed by atoms with van der Waals surface area (Å²) >= 11 is 2.44. The molecule has 0 amide bonds. The van der Waals surface area contributed by atoms with Gasteiger partial charge in [0.2, 0.25) is 0 Å². The third-order valence-electron chi connectivity index (χ3n) is 5.02. The molecule has 1 fully saturated rings. The molecular formula is C21H41IO2. The summed E-state index contributed by atoms with van der Waals surface area (Å²) in [4.78, 5) is 0. The summed E-state index contributed by atoms with van der Waals surface area (Å²) < 4.78 is 13.3. The van der Waals surface area contributed by atoms with Crippen LogP contribution in [0, 0.1) is 0 Å². The predicted octanol–water partition coefficient (Wildman–Crippen LogP) is 7.42. The fourth-order valence-electron chi connectivity index (χ4n) is 3.69. The second kappa shape index (κ2) is 13.8. The Kier molecular flexibility index (Phi) is 13.0. The highest BCUT2D eigenvalue weighted by Gasteiger charge is 2.40. The van der Waals surface area contributed by atoms with Crippen molar-refractivity contribution in [3.63, 3.8) is 0 Å². The third-order valence-corrected chi connectivity index (χ3v) is 5.64. The van der Waals surface area contributed by atoms with E-state index in [0.717, 1.165) is 10.8 Å². The maximum Gasteiger partial charge on any atom is 0.163 e. The summed E-state index contributed by atoms with van der Waals surface area (Å²) in [5, 5.41) is 0. The van der Waals surface area contributed by atoms with Crippen molar-refractivity contribution >= 4 is 22.6 Å². The number of ether oxygens (including phenoxy) is 2. The van der Waals surface area contributed by atoms with Crippen LogP contribution in [0.2, 0.25) is 0 Å². The molecule has 0 radical (unpaired) electrons. The highest BCUT2D eigenvalue weighted by Crippen LogP contribution is 2.33. The van der Waals surface area contributed by atoms with Crippen molar-refractivity contribution in [3.8, 4) is 0 Å². The summed E-state index contributed by atoms with van der Waals surface area (Å²) in [5.41, 5.74) is 0. The van der Waals surface area contributed by atoms with Crippen LogP contribution in [0.3, 0.4) is 0 Å². The molecule has 1 rings (SSSR count). The summed E-state index contributed by atoms with van der Waals surface area (Å²) in [5.74, 6) is -0.377. The van der Waals surface area contributed by atoms with Crippen LogP contribution >= 0.6 is 22.6 Å². The van der Waals surface area contributed by atoms with Crippen LogP contribution in [0.4, 0.5) is 0 Å². The maximum absolute atomic E-state index is 6.09. The van der Waals surface area contributed by atoms with Gasteiger partial charge in [-0.05, 0) is 26.7 Å². The van der Waals surface area contributed by atoms with Gasteiger partial charge in [0, 0.05) is 4.43 Å². The largest absolute Gasteiger partial charge is 0.345 e. The number of unbranched alkanes of at least 4 members (excludes halogenated alkanes) is 11. The molecular weight excluding hydrogens is 411 g/mol. The molecule has 3 heteroatoms. The Labute approximate surface area is 165 Å². The van der Waals surface area contributed by atoms with Crippen molar-refractivity contribution in [2.75, 3.05) is 4.43 Å². The predicted molar refractivity (Wildman–Crippen MR) is 113 cm³/mol. The second-order valence-corrected chi connectivity index (χ2v) is 8.95. The monoisotopic (exact) mass is 452 g/mol. The van der Waals surface area contributed by atoms with Crippen molar-refractivity contribution in [1.82, 2.24) is 0 Å². The van der Waals surface area contributed by atoms with Gasteiger partial charge >= 0.3 is 0 Å². The van der Waals surface area contributed by atoms with Gasteiger partial charge in [0.1, 0.15) is 0 Å². The lowest BCUT2D eigenvalue weighted by Gasteiger charge is -2.16. The van der Waals surface area contributed by atoms with E-state index in [1.165, 1.54) is 83.5 Å². The van der Waals surface area contributed by atoms with Crippen LogP contribution in [0.5, 0.6) is 0 Å². The van der Waals surface area contributed by atoms with E-state index in [4.69, 9.17) is 9.47 Å². The Balaban J connectivity index is 1.93. The Morgan fingerprint density at radius 2 is 1.08 bits per heavy atom. The molecule has 0 unspecified atom stereocenters. The van der Waals surface area contributed by atoms with Crippen LogP contribution in [-0.4, -0.2) is 22.4 Å². The Bertz CT molecular complexity index is 294. The SMILES string of the molecule is CCCCCCCCCCCCCC[C@@H]1OC(C)(C)O[C@H]1CCI. The number of halogens is 1. The van der Waals surface area contributed by atoms with E-state index in [-0.39, 0.29) is 5.79 Å². The lowest BCUT2D eigenvalue weighted by molar-refractivity contribution is -0.146. The fraction of sp³-hybridized carbons (Fsp3) is 1.00. The van der Waals surface area contributed by atoms with Gasteiger partial charge in [0.25, 0.3) is 0 Å². The summed E-state index contributed by atoms with van der Waals surface area (Å²) in [6.45, 7) is 6.39. The van der Waals surface area contributed by atoms with Crippen molar-refractivity contribution in [1.29, 1.82) is 0 Å². The minimum absolute atomic E-state index is 0.310. The molecule has 0 saturated carbocycles. The van der Waals surface area contributed by atoms with Crippen LogP contribution in [0.1, 0.15) is 111 Å². The molecule has 1 aliphatic heterocycles. The highest BCUT2D eigenvalue weighted by molar-refractivity contribution is 14.1. The standard InChI is InChI=1S/C21H41IO2/c1-4-5-6-7-8-9-10-11-12-13-14-15-16-19-20(17-18-22)24-21(2,3)23-19/h19-20H,4-18H2,1-3H3/t19-,20-/m0/s1. The number of alkyl halides is 1. The first kappa shape index (κ1) is 22.7. The molecule has 1 saturated heterocycles. The first-order valence-corrected chi connectivity index (χ1v) is 12.0. The number of hydrogen-bond acceptors (Lipinski definition) is 2. The fourth-order valence-corrected chi connectivity index (χ4v) is 4.31. The molecule has 144 valence electrons. The molecule has 1 aliphatic rings. The minimum atomic E-state index is -0.377. The first-order chi connectivity index (χ1) is 11.6. The average molecular weight is 452 g/mol. The van der Waals surface area contributed by atoms with Crippen LogP contribution in [0.25, 0.3) is 0 Å². The Morgan fingerprint density at radius 1 is 0.667 bits per heavy atom. The second-order valence-electron chi connectivity index (χ2n) is 7.87. The molecule has 0 bridgehead atoms. The topological polar surface area (TPSA) is 18.5 Å². The van der Waals surface area contributed by atoms with Gasteiger partial charge in [-0.25, -0.2) is 0 Å². The number of rotatable bonds is 15. The summed E-state index contributed by atoms with van der Waals surface area (Å²) in [6, 6.07) is 0. The highest BCUT2D eigenvalue weighted by atomic mass is 127. The van der Waals surface area contributed by atoms with E-state index in [0.29, 0.717) is 12.2 Å². The van der Waals surface area contributed by atoms with Crippen molar-refractivity contribution < 1.29 is 9.47 Å². The van der Waals surface area contributed by atoms with Gasteiger partial charge in [-0.2, -0.15) is 0 Å². The van der Waals surface area contributed by atoms with Crippen LogP contribution < -0.4 is 0 Å². The van der Waals surface area contributed by atoms with Crippen LogP contribution in [0.15, 0.2) is 0 Å². The van der Waals surface area contributed by atoms with Gasteiger partial charge < -0.3 is 9.47 Å². The lowest BCUT2D eigenvalue weighted by Crippen LogP contribution is -2.22. The van der Waals surface area contributed by atoms with E-state index in [9.17, 15) is 0 Å². The van der Waals surface area contributed by atoms with E-state index in [2.05, 4.69) is 43.4 Å². The zero-order valence-corrected chi connectivity index (χ0v) is 18.6. The van der Waals surface area contributed by atoms with E-state index in [1.807, 2.05) is 0 Å². The van der Waals surface area contributed by atoms with Gasteiger partial charge in [-0.15, -0.1) is 0 Å². The van der Waals surface area contributed by atoms with Gasteiger partial charge in [-0.3, -0.25) is 0 Å². The Hall–Kier alpha value is 0.650. The van der Waals surface area contributed by atoms with Crippen LogP contribution in [-0.2, 0) is 9.47 Å². The molecule has 0 aromatic carbocycles. The molecule has 1 heterocycles. The normalized spacial score (nSPS) is 23.0. The molecule has 0 spiro atoms. The van der Waals surface area contributed by atoms with Crippen molar-refractivity contribution in [2.24, 2.45) is 0 Å². The summed E-state index contributed by atoms with van der Waals surface area (Å²) in [6.07, 6.45) is 19.8. The van der Waals surface area contributed by atoms with Crippen molar-refractivity contribution in [2.45, 2.75) is 129 Å². The number of hydrogen-bond donors (Lipinski definition) is 0. The summed E-state index contributed by atoms with van der Waals surface area (Å²) in [7, 11) is 0. The maximum atomic E-state index is 6.09. The molecule has 24 heavy (non-hydrogen) atoms. The lowest BCUT2D eigenvalue weighted by atomic mass is 10.0. The molecule has 2 atom stereocenters. The zero-order chi connectivity index (χ0) is 17.7. The molecule has 0 aliphatic carbocycles. The average Bonchev–Trinajstić information content (AvgIpc) is 2.83. The molecule has 0 aromatic heterocycles. The first-order valence-electron chi connectivity index (χ1n) is 10.5. The smallest absolute Gasteiger partial charge is 0.163 e. The van der Waals surface area contributed by atoms with E-state index in [1.54, 1.807) is 0 Å². The van der Waals surface area contributed by atoms with Gasteiger partial charge in [0.15, 0.2) is 5.79 Å². The van der Waals surface area contributed by atoms with Gasteiger partial charge in [-0.1, -0.05) is 107 Å². The quantitative estimate of drug-likeness (QED) is 0.146. The molecule has 2 nitrogen and oxygen atoms in total. The third kappa shape index (κ3) is 10.6. The Morgan fingerprint density at radius 3 is 1.54 bits per heavy atom. The zero-order valence-electron chi connectivity index (χ0n) is 16.5. The molecule has 0 aromatic rings. The van der Waals surface area contributed by atoms with Crippen molar-refractivity contribution in [3.05, 3.63) is 0 Å². The van der Waals surface area contributed by atoms with Gasteiger partial charge in [0.05, 0.1) is 12.2 Å². The van der Waals surface area contributed by atoms with E-state index < -0.39 is 0 Å². The molecule has 0 N–H and O–H groups in total. The van der Waals surface area contributed by atoms with E-state index >= 15 is 0 Å².